The van der Waals surface area contributed by atoms with E-state index < -0.39 is 36.4 Å². The van der Waals surface area contributed by atoms with Crippen molar-refractivity contribution < 1.29 is 34.0 Å². The molecule has 0 bridgehead atoms. The summed E-state index contributed by atoms with van der Waals surface area (Å²) in [6.07, 6.45) is -0.758. The number of hydrogen-bond donors (Lipinski definition) is 2. The molecule has 4 atom stereocenters. The zero-order valence-corrected chi connectivity index (χ0v) is 8.81. The van der Waals surface area contributed by atoms with Crippen LogP contribution < -0.4 is 0 Å². The Balaban J connectivity index is 1.88. The second-order valence-corrected chi connectivity index (χ2v) is 3.81. The average molecular weight is 244 g/mol. The topological polar surface area (TPSA) is 102 Å². The van der Waals surface area contributed by atoms with Gasteiger partial charge in [-0.25, -0.2) is 9.59 Å². The van der Waals surface area contributed by atoms with Gasteiger partial charge < -0.3 is 24.4 Å². The van der Waals surface area contributed by atoms with E-state index in [2.05, 4.69) is 0 Å². The molecule has 7 heteroatoms. The van der Waals surface area contributed by atoms with Gasteiger partial charge in [0.25, 0.3) is 0 Å². The maximum atomic E-state index is 11.2. The van der Waals surface area contributed by atoms with Gasteiger partial charge in [-0.2, -0.15) is 0 Å². The average Bonchev–Trinajstić information content (AvgIpc) is 2.81. The summed E-state index contributed by atoms with van der Waals surface area (Å²) >= 11 is 0. The van der Waals surface area contributed by atoms with Crippen LogP contribution in [0, 0.1) is 0 Å². The van der Waals surface area contributed by atoms with Crippen molar-refractivity contribution in [2.24, 2.45) is 0 Å². The van der Waals surface area contributed by atoms with Gasteiger partial charge in [-0.1, -0.05) is 0 Å². The molecule has 2 aliphatic rings. The number of fused-ring (bicyclic) bond motifs is 1. The van der Waals surface area contributed by atoms with E-state index >= 15 is 0 Å². The molecule has 0 aliphatic carbocycles. The Morgan fingerprint density at radius 2 is 1.88 bits per heavy atom. The van der Waals surface area contributed by atoms with Crippen molar-refractivity contribution >= 4 is 11.9 Å². The zero-order chi connectivity index (χ0) is 12.4. The molecule has 7 nitrogen and oxygen atoms in total. The predicted molar refractivity (Wildman–Crippen MR) is 52.1 cm³/mol. The van der Waals surface area contributed by atoms with E-state index in [9.17, 15) is 14.7 Å². The molecular formula is C10H12O7. The van der Waals surface area contributed by atoms with Crippen molar-refractivity contribution in [1.82, 2.24) is 0 Å². The van der Waals surface area contributed by atoms with Crippen LogP contribution >= 0.6 is 0 Å². The molecule has 2 heterocycles. The first-order valence-corrected chi connectivity index (χ1v) is 5.11. The Hall–Kier alpha value is -1.44. The summed E-state index contributed by atoms with van der Waals surface area (Å²) < 4.78 is 15.4. The van der Waals surface area contributed by atoms with E-state index in [1.807, 2.05) is 0 Å². The number of aliphatic hydroxyl groups excluding tert-OH is 1. The summed E-state index contributed by atoms with van der Waals surface area (Å²) in [7, 11) is 0. The van der Waals surface area contributed by atoms with Crippen LogP contribution in [0.2, 0.25) is 0 Å². The molecule has 2 aliphatic heterocycles. The number of carboxylic acid groups (broad SMARTS) is 1. The van der Waals surface area contributed by atoms with Crippen LogP contribution in [0.5, 0.6) is 0 Å². The van der Waals surface area contributed by atoms with Crippen LogP contribution in [-0.2, 0) is 23.8 Å². The SMILES string of the molecule is O=C(O)C=CC(=O)O[C@H]1CO[C@H]2[C@@H]1OC[C@@H]2O. The number of rotatable bonds is 3. The first-order valence-electron chi connectivity index (χ1n) is 5.11. The Bertz CT molecular complexity index is 351. The number of aliphatic carboxylic acids is 1. The van der Waals surface area contributed by atoms with Gasteiger partial charge in [0.05, 0.1) is 13.2 Å². The minimum atomic E-state index is -1.23. The van der Waals surface area contributed by atoms with Crippen LogP contribution in [0.4, 0.5) is 0 Å². The molecule has 0 spiro atoms. The fourth-order valence-electron chi connectivity index (χ4n) is 1.87. The van der Waals surface area contributed by atoms with Crippen LogP contribution in [0.15, 0.2) is 12.2 Å². The van der Waals surface area contributed by atoms with Gasteiger partial charge in [0, 0.05) is 12.2 Å². The van der Waals surface area contributed by atoms with Crippen LogP contribution in [0.25, 0.3) is 0 Å². The van der Waals surface area contributed by atoms with E-state index in [1.165, 1.54) is 0 Å². The standard InChI is InChI=1S/C10H12O7/c11-5-3-15-10-6(4-16-9(5)10)17-8(14)2-1-7(12)13/h1-2,5-6,9-11H,3-4H2,(H,12,13)/t5-,6-,9+,10+/m0/s1. The molecule has 2 N–H and O–H groups in total. The van der Waals surface area contributed by atoms with Crippen molar-refractivity contribution in [2.45, 2.75) is 24.4 Å². The molecule has 0 aromatic rings. The maximum absolute atomic E-state index is 11.2. The third-order valence-electron chi connectivity index (χ3n) is 2.61. The smallest absolute Gasteiger partial charge is 0.331 e. The van der Waals surface area contributed by atoms with E-state index in [1.54, 1.807) is 0 Å². The Kier molecular flexibility index (Phi) is 3.41. The molecule has 0 unspecified atom stereocenters. The third kappa shape index (κ3) is 2.63. The first-order chi connectivity index (χ1) is 8.08. The minimum absolute atomic E-state index is 0.138. The van der Waals surface area contributed by atoms with Crippen molar-refractivity contribution in [2.75, 3.05) is 13.2 Å². The fraction of sp³-hybridized carbons (Fsp3) is 0.600. The summed E-state index contributed by atoms with van der Waals surface area (Å²) in [6, 6.07) is 0. The van der Waals surface area contributed by atoms with Gasteiger partial charge in [-0.15, -0.1) is 0 Å². The number of aliphatic hydroxyl groups is 1. The van der Waals surface area contributed by atoms with Crippen molar-refractivity contribution in [3.8, 4) is 0 Å². The lowest BCUT2D eigenvalue weighted by Gasteiger charge is -2.15. The number of hydrogen-bond acceptors (Lipinski definition) is 6. The predicted octanol–water partition coefficient (Wildman–Crippen LogP) is -1.30. The molecular weight excluding hydrogens is 232 g/mol. The van der Waals surface area contributed by atoms with Gasteiger partial charge in [0.2, 0.25) is 0 Å². The van der Waals surface area contributed by atoms with Gasteiger partial charge in [-0.3, -0.25) is 0 Å². The van der Waals surface area contributed by atoms with E-state index in [4.69, 9.17) is 19.3 Å². The fourth-order valence-corrected chi connectivity index (χ4v) is 1.87. The highest BCUT2D eigenvalue weighted by atomic mass is 16.6. The Morgan fingerprint density at radius 3 is 2.59 bits per heavy atom. The number of carbonyl (C=O) groups is 2. The molecule has 2 saturated heterocycles. The molecule has 0 amide bonds. The zero-order valence-electron chi connectivity index (χ0n) is 8.81. The molecule has 0 aromatic heterocycles. The van der Waals surface area contributed by atoms with Crippen LogP contribution in [-0.4, -0.2) is 59.8 Å². The number of esters is 1. The normalized spacial score (nSPS) is 36.1. The monoisotopic (exact) mass is 244 g/mol. The Morgan fingerprint density at radius 1 is 1.18 bits per heavy atom. The summed E-state index contributed by atoms with van der Waals surface area (Å²) in [4.78, 5) is 21.4. The highest BCUT2D eigenvalue weighted by molar-refractivity contribution is 5.90. The number of carboxylic acids is 1. The van der Waals surface area contributed by atoms with Crippen molar-refractivity contribution in [3.05, 3.63) is 12.2 Å². The quantitative estimate of drug-likeness (QED) is 0.469. The van der Waals surface area contributed by atoms with E-state index in [0.717, 1.165) is 6.08 Å². The largest absolute Gasteiger partial charge is 0.478 e. The van der Waals surface area contributed by atoms with Gasteiger partial charge in [-0.05, 0) is 0 Å². The first kappa shape index (κ1) is 12.0. The van der Waals surface area contributed by atoms with E-state index in [0.29, 0.717) is 6.08 Å². The van der Waals surface area contributed by atoms with Gasteiger partial charge in [0.1, 0.15) is 18.3 Å². The van der Waals surface area contributed by atoms with Crippen molar-refractivity contribution in [3.63, 3.8) is 0 Å². The number of carbonyl (C=O) groups excluding carboxylic acids is 1. The van der Waals surface area contributed by atoms with Crippen molar-refractivity contribution in [1.29, 1.82) is 0 Å². The lowest BCUT2D eigenvalue weighted by Crippen LogP contribution is -2.33. The molecule has 0 aromatic carbocycles. The molecule has 17 heavy (non-hydrogen) atoms. The van der Waals surface area contributed by atoms with Gasteiger partial charge >= 0.3 is 11.9 Å². The third-order valence-corrected chi connectivity index (χ3v) is 2.61. The molecule has 0 radical (unpaired) electrons. The lowest BCUT2D eigenvalue weighted by atomic mass is 10.1. The molecule has 2 fully saturated rings. The highest BCUT2D eigenvalue weighted by Gasteiger charge is 2.48. The molecule has 0 saturated carbocycles. The summed E-state index contributed by atoms with van der Waals surface area (Å²) in [6.45, 7) is 0.285. The second-order valence-electron chi connectivity index (χ2n) is 3.81. The Labute approximate surface area is 96.6 Å². The summed E-state index contributed by atoms with van der Waals surface area (Å²) in [5, 5.41) is 17.8. The highest BCUT2D eigenvalue weighted by Crippen LogP contribution is 2.28. The lowest BCUT2D eigenvalue weighted by molar-refractivity contribution is -0.148. The van der Waals surface area contributed by atoms with Crippen LogP contribution in [0.3, 0.4) is 0 Å². The van der Waals surface area contributed by atoms with Crippen LogP contribution in [0.1, 0.15) is 0 Å². The van der Waals surface area contributed by atoms with E-state index in [-0.39, 0.29) is 13.2 Å². The minimum Gasteiger partial charge on any atom is -0.478 e. The number of ether oxygens (including phenoxy) is 3. The second kappa shape index (κ2) is 4.82. The maximum Gasteiger partial charge on any atom is 0.331 e. The molecule has 2 rings (SSSR count). The van der Waals surface area contributed by atoms with Gasteiger partial charge in [0.15, 0.2) is 6.10 Å². The summed E-state index contributed by atoms with van der Waals surface area (Å²) in [5.41, 5.74) is 0. The summed E-state index contributed by atoms with van der Waals surface area (Å²) in [5.74, 6) is -2.00. The molecule has 94 valence electrons.